The maximum Gasteiger partial charge on any atom is 0.114 e. The highest BCUT2D eigenvalue weighted by molar-refractivity contribution is 4.87. The Morgan fingerprint density at radius 3 is 2.32 bits per heavy atom. The minimum Gasteiger partial charge on any atom is -0.394 e. The topological polar surface area (TPSA) is 79.2 Å². The Morgan fingerprint density at radius 1 is 1.05 bits per heavy atom. The normalized spacial score (nSPS) is 28.7. The van der Waals surface area contributed by atoms with E-state index in [1.54, 1.807) is 0 Å². The van der Waals surface area contributed by atoms with Crippen molar-refractivity contribution in [1.29, 1.82) is 0 Å². The minimum absolute atomic E-state index is 0.0949. The van der Waals surface area contributed by atoms with Crippen molar-refractivity contribution in [3.05, 3.63) is 12.7 Å². The number of allylic oxidation sites excluding steroid dienone is 1. The molecule has 0 aromatic rings. The summed E-state index contributed by atoms with van der Waals surface area (Å²) < 4.78 is 10.7. The highest BCUT2D eigenvalue weighted by atomic mass is 16.6. The van der Waals surface area contributed by atoms with Crippen LogP contribution in [0.25, 0.3) is 0 Å². The fraction of sp³-hybridized carbons (Fsp3) is 0.882. The van der Waals surface area contributed by atoms with Gasteiger partial charge in [0.2, 0.25) is 0 Å². The lowest BCUT2D eigenvalue weighted by Crippen LogP contribution is -2.55. The van der Waals surface area contributed by atoms with E-state index >= 15 is 0 Å². The molecule has 0 unspecified atom stereocenters. The molecule has 5 heteroatoms. The molecule has 1 aliphatic rings. The van der Waals surface area contributed by atoms with Crippen LogP contribution in [0.2, 0.25) is 0 Å². The molecule has 0 saturated carbocycles. The highest BCUT2D eigenvalue weighted by Crippen LogP contribution is 2.19. The lowest BCUT2D eigenvalue weighted by molar-refractivity contribution is -0.210. The molecule has 0 radical (unpaired) electrons. The first-order valence-corrected chi connectivity index (χ1v) is 8.51. The van der Waals surface area contributed by atoms with E-state index in [2.05, 4.69) is 6.58 Å². The van der Waals surface area contributed by atoms with Crippen LogP contribution < -0.4 is 0 Å². The first-order chi connectivity index (χ1) is 10.7. The smallest absolute Gasteiger partial charge is 0.114 e. The number of aliphatic hydroxyl groups is 3. The van der Waals surface area contributed by atoms with Crippen LogP contribution in [0.15, 0.2) is 12.7 Å². The molecular formula is C17H32O5. The van der Waals surface area contributed by atoms with Gasteiger partial charge in [-0.15, -0.1) is 6.58 Å². The van der Waals surface area contributed by atoms with E-state index < -0.39 is 24.4 Å². The first-order valence-electron chi connectivity index (χ1n) is 8.51. The molecule has 5 nitrogen and oxygen atoms in total. The second-order valence-electron chi connectivity index (χ2n) is 6.00. The van der Waals surface area contributed by atoms with Gasteiger partial charge in [0.25, 0.3) is 0 Å². The van der Waals surface area contributed by atoms with Crippen molar-refractivity contribution in [1.82, 2.24) is 0 Å². The number of aliphatic hydroxyl groups excluding tert-OH is 3. The van der Waals surface area contributed by atoms with Gasteiger partial charge in [0.15, 0.2) is 0 Å². The number of unbranched alkanes of at least 4 members (excludes halogenated alkanes) is 7. The molecule has 0 aromatic carbocycles. The van der Waals surface area contributed by atoms with Gasteiger partial charge in [-0.3, -0.25) is 0 Å². The van der Waals surface area contributed by atoms with Gasteiger partial charge in [0, 0.05) is 6.61 Å². The van der Waals surface area contributed by atoms with Gasteiger partial charge >= 0.3 is 0 Å². The third-order valence-corrected chi connectivity index (χ3v) is 4.12. The van der Waals surface area contributed by atoms with Crippen molar-refractivity contribution >= 4 is 0 Å². The number of hydrogen-bond donors (Lipinski definition) is 3. The molecule has 1 saturated heterocycles. The number of rotatable bonds is 12. The minimum atomic E-state index is -0.974. The van der Waals surface area contributed by atoms with Crippen molar-refractivity contribution in [2.45, 2.75) is 75.8 Å². The summed E-state index contributed by atoms with van der Waals surface area (Å²) in [5, 5.41) is 28.8. The van der Waals surface area contributed by atoms with E-state index in [4.69, 9.17) is 14.6 Å². The second-order valence-corrected chi connectivity index (χ2v) is 6.00. The molecule has 4 atom stereocenters. The van der Waals surface area contributed by atoms with Crippen molar-refractivity contribution in [2.24, 2.45) is 0 Å². The van der Waals surface area contributed by atoms with E-state index in [0.717, 1.165) is 19.3 Å². The standard InChI is InChI=1S/C17H32O5/c1-2-3-4-5-6-7-8-9-10-11-21-17-14(19)13-22-15(12-18)16(17)20/h2,14-20H,1,3-13H2/t14-,15+,16+,17+/m1/s1. The third kappa shape index (κ3) is 7.20. The molecule has 1 fully saturated rings. The number of hydrogen-bond acceptors (Lipinski definition) is 5. The van der Waals surface area contributed by atoms with Crippen LogP contribution in [0, 0.1) is 0 Å². The predicted molar refractivity (Wildman–Crippen MR) is 85.7 cm³/mol. The average molecular weight is 316 g/mol. The summed E-state index contributed by atoms with van der Waals surface area (Å²) in [7, 11) is 0. The van der Waals surface area contributed by atoms with Gasteiger partial charge in [-0.2, -0.15) is 0 Å². The molecule has 0 aliphatic carbocycles. The summed E-state index contributed by atoms with van der Waals surface area (Å²) in [4.78, 5) is 0. The summed E-state index contributed by atoms with van der Waals surface area (Å²) in [6, 6.07) is 0. The number of ether oxygens (including phenoxy) is 2. The third-order valence-electron chi connectivity index (χ3n) is 4.12. The quantitative estimate of drug-likeness (QED) is 0.378. The zero-order chi connectivity index (χ0) is 16.2. The summed E-state index contributed by atoms with van der Waals surface area (Å²) >= 11 is 0. The maximum absolute atomic E-state index is 9.97. The molecule has 22 heavy (non-hydrogen) atoms. The molecule has 1 rings (SSSR count). The Morgan fingerprint density at radius 2 is 1.68 bits per heavy atom. The van der Waals surface area contributed by atoms with E-state index in [1.165, 1.54) is 32.1 Å². The molecule has 3 N–H and O–H groups in total. The molecular weight excluding hydrogens is 284 g/mol. The van der Waals surface area contributed by atoms with Crippen molar-refractivity contribution in [3.8, 4) is 0 Å². The van der Waals surface area contributed by atoms with Gasteiger partial charge in [0.05, 0.1) is 13.2 Å². The van der Waals surface area contributed by atoms with Crippen molar-refractivity contribution in [2.75, 3.05) is 19.8 Å². The van der Waals surface area contributed by atoms with Gasteiger partial charge in [-0.05, 0) is 19.3 Å². The summed E-state index contributed by atoms with van der Waals surface area (Å²) in [5.41, 5.74) is 0. The molecule has 1 heterocycles. The van der Waals surface area contributed by atoms with Crippen LogP contribution in [0.4, 0.5) is 0 Å². The molecule has 130 valence electrons. The average Bonchev–Trinajstić information content (AvgIpc) is 2.52. The van der Waals surface area contributed by atoms with Gasteiger partial charge in [-0.1, -0.05) is 38.2 Å². The van der Waals surface area contributed by atoms with Crippen molar-refractivity contribution in [3.63, 3.8) is 0 Å². The summed E-state index contributed by atoms with van der Waals surface area (Å²) in [6.45, 7) is 4.07. The van der Waals surface area contributed by atoms with Crippen molar-refractivity contribution < 1.29 is 24.8 Å². The molecule has 1 aliphatic heterocycles. The Bertz CT molecular complexity index is 284. The Labute approximate surface area is 133 Å². The van der Waals surface area contributed by atoms with Crippen LogP contribution in [-0.2, 0) is 9.47 Å². The Balaban J connectivity index is 2.02. The molecule has 0 aromatic heterocycles. The van der Waals surface area contributed by atoms with Gasteiger partial charge in [-0.25, -0.2) is 0 Å². The predicted octanol–water partition coefficient (Wildman–Crippen LogP) is 1.79. The van der Waals surface area contributed by atoms with Crippen LogP contribution in [0.1, 0.15) is 51.4 Å². The van der Waals surface area contributed by atoms with Crippen LogP contribution >= 0.6 is 0 Å². The lowest BCUT2D eigenvalue weighted by atomic mass is 10.0. The molecule has 0 bridgehead atoms. The fourth-order valence-electron chi connectivity index (χ4n) is 2.72. The molecule has 0 spiro atoms. The van der Waals surface area contributed by atoms with Gasteiger partial charge in [0.1, 0.15) is 24.4 Å². The largest absolute Gasteiger partial charge is 0.394 e. The fourth-order valence-corrected chi connectivity index (χ4v) is 2.72. The Kier molecular flexibility index (Phi) is 10.7. The Hall–Kier alpha value is -0.460. The van der Waals surface area contributed by atoms with Gasteiger partial charge < -0.3 is 24.8 Å². The zero-order valence-electron chi connectivity index (χ0n) is 13.5. The maximum atomic E-state index is 9.97. The second kappa shape index (κ2) is 12.0. The zero-order valence-corrected chi connectivity index (χ0v) is 13.5. The first kappa shape index (κ1) is 19.6. The van der Waals surface area contributed by atoms with E-state index in [-0.39, 0.29) is 13.2 Å². The van der Waals surface area contributed by atoms with Crippen LogP contribution in [0.5, 0.6) is 0 Å². The summed E-state index contributed by atoms with van der Waals surface area (Å²) in [6.07, 6.45) is 8.18. The monoisotopic (exact) mass is 316 g/mol. The highest BCUT2D eigenvalue weighted by Gasteiger charge is 2.38. The lowest BCUT2D eigenvalue weighted by Gasteiger charge is -2.37. The van der Waals surface area contributed by atoms with E-state index in [9.17, 15) is 10.2 Å². The van der Waals surface area contributed by atoms with E-state index in [1.807, 2.05) is 6.08 Å². The van der Waals surface area contributed by atoms with Crippen LogP contribution in [0.3, 0.4) is 0 Å². The summed E-state index contributed by atoms with van der Waals surface area (Å²) in [5.74, 6) is 0. The van der Waals surface area contributed by atoms with E-state index in [0.29, 0.717) is 6.61 Å². The SMILES string of the molecule is C=CCCCCCCCCCO[C@@H]1[C@@H](O)[C@H](CO)OC[C@H]1O. The molecule has 0 amide bonds. The van der Waals surface area contributed by atoms with Crippen LogP contribution in [-0.4, -0.2) is 59.6 Å².